The fraction of sp³-hybridized carbons (Fsp3) is 0.500. The first-order valence-corrected chi connectivity index (χ1v) is 7.40. The number of oxazole rings is 1. The van der Waals surface area contributed by atoms with Crippen LogP contribution in [0.2, 0.25) is 0 Å². The second kappa shape index (κ2) is 4.07. The molecule has 0 radical (unpaired) electrons. The Morgan fingerprint density at radius 1 is 1.33 bits per heavy atom. The van der Waals surface area contributed by atoms with Crippen LogP contribution in [0.25, 0.3) is 11.1 Å². The molecule has 1 aromatic carbocycles. The van der Waals surface area contributed by atoms with Crippen LogP contribution in [0.3, 0.4) is 0 Å². The fourth-order valence-electron chi connectivity index (χ4n) is 3.52. The van der Waals surface area contributed by atoms with Crippen molar-refractivity contribution < 1.29 is 4.42 Å². The van der Waals surface area contributed by atoms with Crippen LogP contribution < -0.4 is 5.32 Å². The van der Waals surface area contributed by atoms with Gasteiger partial charge in [0.2, 0.25) is 5.89 Å². The van der Waals surface area contributed by atoms with Gasteiger partial charge in [-0.05, 0) is 59.3 Å². The maximum atomic E-state index is 5.97. The molecule has 4 heteroatoms. The molecule has 1 saturated carbocycles. The molecule has 0 bridgehead atoms. The van der Waals surface area contributed by atoms with E-state index in [0.29, 0.717) is 6.04 Å². The van der Waals surface area contributed by atoms with Gasteiger partial charge in [0.25, 0.3) is 0 Å². The van der Waals surface area contributed by atoms with Crippen molar-refractivity contribution >= 4 is 27.0 Å². The minimum absolute atomic E-state index is 0.316. The highest BCUT2D eigenvalue weighted by Crippen LogP contribution is 2.44. The zero-order chi connectivity index (χ0) is 12.1. The molecule has 1 aromatic heterocycles. The maximum absolute atomic E-state index is 5.97. The van der Waals surface area contributed by atoms with Crippen LogP contribution in [0, 0.1) is 11.8 Å². The third-order valence-corrected chi connectivity index (χ3v) is 5.02. The second-order valence-corrected chi connectivity index (χ2v) is 6.24. The molecule has 0 spiro atoms. The van der Waals surface area contributed by atoms with Gasteiger partial charge in [-0.3, -0.25) is 0 Å². The van der Waals surface area contributed by atoms with Crippen molar-refractivity contribution in [2.24, 2.45) is 11.8 Å². The van der Waals surface area contributed by atoms with Crippen LogP contribution in [0.15, 0.2) is 27.1 Å². The highest BCUT2D eigenvalue weighted by molar-refractivity contribution is 9.10. The Morgan fingerprint density at radius 3 is 3.17 bits per heavy atom. The van der Waals surface area contributed by atoms with E-state index in [0.717, 1.165) is 39.8 Å². The number of fused-ring (bicyclic) bond motifs is 2. The SMILES string of the molecule is Brc1cccc2nc(C3NCC4CCCC43)oc12. The summed E-state index contributed by atoms with van der Waals surface area (Å²) in [5.74, 6) is 2.41. The number of hydrogen-bond acceptors (Lipinski definition) is 3. The second-order valence-electron chi connectivity index (χ2n) is 5.38. The summed E-state index contributed by atoms with van der Waals surface area (Å²) in [5.41, 5.74) is 1.82. The number of para-hydroxylation sites is 1. The highest BCUT2D eigenvalue weighted by atomic mass is 79.9. The van der Waals surface area contributed by atoms with Gasteiger partial charge in [0.05, 0.1) is 10.5 Å². The molecular formula is C14H15BrN2O. The number of benzene rings is 1. The van der Waals surface area contributed by atoms with Crippen LogP contribution in [0.4, 0.5) is 0 Å². The summed E-state index contributed by atoms with van der Waals surface area (Å²) >= 11 is 3.52. The molecule has 3 nitrogen and oxygen atoms in total. The molecule has 2 fully saturated rings. The van der Waals surface area contributed by atoms with Crippen LogP contribution in [-0.4, -0.2) is 11.5 Å². The molecular weight excluding hydrogens is 292 g/mol. The Labute approximate surface area is 114 Å². The van der Waals surface area contributed by atoms with Gasteiger partial charge in [-0.15, -0.1) is 0 Å². The first kappa shape index (κ1) is 11.0. The molecule has 1 saturated heterocycles. The quantitative estimate of drug-likeness (QED) is 0.874. The zero-order valence-electron chi connectivity index (χ0n) is 10.0. The van der Waals surface area contributed by atoms with Crippen molar-refractivity contribution in [1.29, 1.82) is 0 Å². The smallest absolute Gasteiger partial charge is 0.212 e. The lowest BCUT2D eigenvalue weighted by molar-refractivity contribution is 0.356. The zero-order valence-corrected chi connectivity index (χ0v) is 11.6. The van der Waals surface area contributed by atoms with Gasteiger partial charge in [0.15, 0.2) is 5.58 Å². The lowest BCUT2D eigenvalue weighted by Gasteiger charge is -2.13. The lowest BCUT2D eigenvalue weighted by Crippen LogP contribution is -2.17. The van der Waals surface area contributed by atoms with E-state index < -0.39 is 0 Å². The average molecular weight is 307 g/mol. The van der Waals surface area contributed by atoms with Crippen molar-refractivity contribution in [3.63, 3.8) is 0 Å². The molecule has 94 valence electrons. The molecule has 3 atom stereocenters. The van der Waals surface area contributed by atoms with Crippen molar-refractivity contribution in [1.82, 2.24) is 10.3 Å². The maximum Gasteiger partial charge on any atom is 0.212 e. The third kappa shape index (κ3) is 1.55. The molecule has 1 aliphatic carbocycles. The van der Waals surface area contributed by atoms with Crippen molar-refractivity contribution in [2.45, 2.75) is 25.3 Å². The molecule has 2 aliphatic rings. The molecule has 1 N–H and O–H groups in total. The summed E-state index contributed by atoms with van der Waals surface area (Å²) in [4.78, 5) is 4.66. The van der Waals surface area contributed by atoms with E-state index in [4.69, 9.17) is 4.42 Å². The van der Waals surface area contributed by atoms with Crippen LogP contribution >= 0.6 is 15.9 Å². The van der Waals surface area contributed by atoms with E-state index >= 15 is 0 Å². The van der Waals surface area contributed by atoms with E-state index in [1.807, 2.05) is 18.2 Å². The summed E-state index contributed by atoms with van der Waals surface area (Å²) < 4.78 is 6.96. The van der Waals surface area contributed by atoms with Crippen LogP contribution in [0.1, 0.15) is 31.2 Å². The van der Waals surface area contributed by atoms with E-state index in [1.165, 1.54) is 19.3 Å². The first-order valence-electron chi connectivity index (χ1n) is 6.61. The predicted octanol–water partition coefficient (Wildman–Crippen LogP) is 3.65. The van der Waals surface area contributed by atoms with Gasteiger partial charge >= 0.3 is 0 Å². The van der Waals surface area contributed by atoms with Gasteiger partial charge in [-0.25, -0.2) is 4.98 Å². The van der Waals surface area contributed by atoms with Crippen LogP contribution in [0.5, 0.6) is 0 Å². The average Bonchev–Trinajstić information content (AvgIpc) is 3.02. The minimum atomic E-state index is 0.316. The molecule has 2 heterocycles. The monoisotopic (exact) mass is 306 g/mol. The largest absolute Gasteiger partial charge is 0.438 e. The minimum Gasteiger partial charge on any atom is -0.438 e. The van der Waals surface area contributed by atoms with Gasteiger partial charge in [-0.2, -0.15) is 0 Å². The molecule has 18 heavy (non-hydrogen) atoms. The summed E-state index contributed by atoms with van der Waals surface area (Å²) in [5, 5.41) is 3.58. The van der Waals surface area contributed by atoms with E-state index in [2.05, 4.69) is 26.2 Å². The van der Waals surface area contributed by atoms with Gasteiger partial charge in [0, 0.05) is 0 Å². The van der Waals surface area contributed by atoms with E-state index in [1.54, 1.807) is 0 Å². The Balaban J connectivity index is 1.76. The number of rotatable bonds is 1. The highest BCUT2D eigenvalue weighted by Gasteiger charge is 2.41. The topological polar surface area (TPSA) is 38.1 Å². The lowest BCUT2D eigenvalue weighted by atomic mass is 9.94. The molecule has 3 unspecified atom stereocenters. The number of nitrogens with zero attached hydrogens (tertiary/aromatic N) is 1. The fourth-order valence-corrected chi connectivity index (χ4v) is 3.96. The first-order chi connectivity index (χ1) is 8.83. The van der Waals surface area contributed by atoms with Gasteiger partial charge < -0.3 is 9.73 Å². The predicted molar refractivity (Wildman–Crippen MR) is 73.3 cm³/mol. The number of nitrogens with one attached hydrogen (secondary N) is 1. The Morgan fingerprint density at radius 2 is 2.28 bits per heavy atom. The van der Waals surface area contributed by atoms with Crippen molar-refractivity contribution in [2.75, 3.05) is 6.54 Å². The third-order valence-electron chi connectivity index (χ3n) is 4.40. The van der Waals surface area contributed by atoms with Crippen molar-refractivity contribution in [3.8, 4) is 0 Å². The Bertz CT molecular complexity index is 594. The molecule has 4 rings (SSSR count). The number of aromatic nitrogens is 1. The van der Waals surface area contributed by atoms with Gasteiger partial charge in [-0.1, -0.05) is 12.5 Å². The molecule has 1 aliphatic heterocycles. The standard InChI is InChI=1S/C14H15BrN2O/c15-10-5-2-6-11-13(10)18-14(17-11)12-9-4-1-3-8(9)7-16-12/h2,5-6,8-9,12,16H,1,3-4,7H2. The molecule has 2 aromatic rings. The number of hydrogen-bond donors (Lipinski definition) is 1. The summed E-state index contributed by atoms with van der Waals surface area (Å²) in [6.45, 7) is 1.12. The Kier molecular flexibility index (Phi) is 2.49. The number of halogens is 1. The Hall–Kier alpha value is -0.870. The van der Waals surface area contributed by atoms with Crippen LogP contribution in [-0.2, 0) is 0 Å². The van der Waals surface area contributed by atoms with E-state index in [-0.39, 0.29) is 0 Å². The van der Waals surface area contributed by atoms with Gasteiger partial charge in [0.1, 0.15) is 5.52 Å². The summed E-state index contributed by atoms with van der Waals surface area (Å²) in [7, 11) is 0. The molecule has 0 amide bonds. The summed E-state index contributed by atoms with van der Waals surface area (Å²) in [6, 6.07) is 6.32. The normalized spacial score (nSPS) is 31.1. The van der Waals surface area contributed by atoms with E-state index in [9.17, 15) is 0 Å². The van der Waals surface area contributed by atoms with Crippen molar-refractivity contribution in [3.05, 3.63) is 28.6 Å². The summed E-state index contributed by atoms with van der Waals surface area (Å²) in [6.07, 6.45) is 4.03.